The van der Waals surface area contributed by atoms with Crippen LogP contribution >= 0.6 is 0 Å². The largest absolute Gasteiger partial charge is 0.505 e. The third kappa shape index (κ3) is 3.04. The first kappa shape index (κ1) is 12.5. The molecule has 2 rings (SSSR count). The van der Waals surface area contributed by atoms with Crippen molar-refractivity contribution in [2.24, 2.45) is 0 Å². The zero-order valence-electron chi connectivity index (χ0n) is 9.87. The van der Waals surface area contributed by atoms with Crippen LogP contribution in [0, 0.1) is 11.3 Å². The number of pyridine rings is 2. The van der Waals surface area contributed by atoms with Gasteiger partial charge in [-0.25, -0.2) is 9.97 Å². The van der Waals surface area contributed by atoms with Gasteiger partial charge in [-0.15, -0.1) is 0 Å². The SMILES string of the molecule is N#Cc1ccc(CNC(=O)c2ncccc2O)cn1. The van der Waals surface area contributed by atoms with Crippen LogP contribution in [0.25, 0.3) is 0 Å². The minimum atomic E-state index is -0.470. The summed E-state index contributed by atoms with van der Waals surface area (Å²) >= 11 is 0. The van der Waals surface area contributed by atoms with E-state index in [2.05, 4.69) is 15.3 Å². The second-order valence-corrected chi connectivity index (χ2v) is 3.72. The normalized spacial score (nSPS) is 9.63. The van der Waals surface area contributed by atoms with Crippen LogP contribution in [-0.4, -0.2) is 21.0 Å². The van der Waals surface area contributed by atoms with Crippen LogP contribution < -0.4 is 5.32 Å². The molecule has 0 unspecified atom stereocenters. The zero-order chi connectivity index (χ0) is 13.7. The van der Waals surface area contributed by atoms with Gasteiger partial charge in [0.15, 0.2) is 5.69 Å². The van der Waals surface area contributed by atoms with E-state index < -0.39 is 5.91 Å². The first-order valence-electron chi connectivity index (χ1n) is 5.48. The van der Waals surface area contributed by atoms with Crippen LogP contribution in [0.3, 0.4) is 0 Å². The van der Waals surface area contributed by atoms with Gasteiger partial charge >= 0.3 is 0 Å². The van der Waals surface area contributed by atoms with Crippen molar-refractivity contribution in [2.45, 2.75) is 6.54 Å². The maximum Gasteiger partial charge on any atom is 0.274 e. The summed E-state index contributed by atoms with van der Waals surface area (Å²) in [6.45, 7) is 0.244. The molecular weight excluding hydrogens is 244 g/mol. The lowest BCUT2D eigenvalue weighted by molar-refractivity contribution is 0.0943. The van der Waals surface area contributed by atoms with Gasteiger partial charge in [0.05, 0.1) is 0 Å². The number of amides is 1. The number of nitriles is 1. The quantitative estimate of drug-likeness (QED) is 0.850. The summed E-state index contributed by atoms with van der Waals surface area (Å²) in [6, 6.07) is 8.11. The third-order valence-electron chi connectivity index (χ3n) is 2.39. The summed E-state index contributed by atoms with van der Waals surface area (Å²) in [5.41, 5.74) is 1.05. The third-order valence-corrected chi connectivity index (χ3v) is 2.39. The average Bonchev–Trinajstić information content (AvgIpc) is 2.46. The van der Waals surface area contributed by atoms with Crippen molar-refractivity contribution in [2.75, 3.05) is 0 Å². The highest BCUT2D eigenvalue weighted by Gasteiger charge is 2.11. The van der Waals surface area contributed by atoms with E-state index in [1.165, 1.54) is 24.5 Å². The topological polar surface area (TPSA) is 98.9 Å². The Hall–Kier alpha value is -2.94. The van der Waals surface area contributed by atoms with Crippen molar-refractivity contribution in [3.63, 3.8) is 0 Å². The molecular formula is C13H10N4O2. The van der Waals surface area contributed by atoms with E-state index in [0.29, 0.717) is 5.69 Å². The Bertz CT molecular complexity index is 632. The molecule has 0 aliphatic rings. The fraction of sp³-hybridized carbons (Fsp3) is 0.0769. The van der Waals surface area contributed by atoms with Crippen LogP contribution in [0.15, 0.2) is 36.7 Å². The minimum Gasteiger partial charge on any atom is -0.505 e. The molecule has 0 bridgehead atoms. The van der Waals surface area contributed by atoms with Gasteiger partial charge in [-0.2, -0.15) is 5.26 Å². The van der Waals surface area contributed by atoms with Crippen molar-refractivity contribution < 1.29 is 9.90 Å². The molecule has 6 nitrogen and oxygen atoms in total. The van der Waals surface area contributed by atoms with Crippen LogP contribution in [-0.2, 0) is 6.54 Å². The fourth-order valence-electron chi connectivity index (χ4n) is 1.43. The summed E-state index contributed by atoms with van der Waals surface area (Å²) in [6.07, 6.45) is 2.94. The molecule has 0 aliphatic carbocycles. The lowest BCUT2D eigenvalue weighted by atomic mass is 10.2. The summed E-state index contributed by atoms with van der Waals surface area (Å²) in [5.74, 6) is -0.639. The van der Waals surface area contributed by atoms with Crippen molar-refractivity contribution in [1.29, 1.82) is 5.26 Å². The van der Waals surface area contributed by atoms with Crippen molar-refractivity contribution in [3.05, 3.63) is 53.6 Å². The van der Waals surface area contributed by atoms with Gasteiger partial charge in [0.25, 0.3) is 5.91 Å². The molecule has 0 atom stereocenters. The van der Waals surface area contributed by atoms with Crippen LogP contribution in [0.2, 0.25) is 0 Å². The first-order valence-corrected chi connectivity index (χ1v) is 5.48. The monoisotopic (exact) mass is 254 g/mol. The number of carbonyl (C=O) groups excluding carboxylic acids is 1. The van der Waals surface area contributed by atoms with E-state index >= 15 is 0 Å². The van der Waals surface area contributed by atoms with Gasteiger partial charge in [-0.05, 0) is 23.8 Å². The van der Waals surface area contributed by atoms with E-state index in [9.17, 15) is 9.90 Å². The number of aromatic nitrogens is 2. The highest BCUT2D eigenvalue weighted by Crippen LogP contribution is 2.12. The van der Waals surface area contributed by atoms with E-state index in [4.69, 9.17) is 5.26 Å². The van der Waals surface area contributed by atoms with E-state index in [0.717, 1.165) is 5.56 Å². The maximum absolute atomic E-state index is 11.8. The maximum atomic E-state index is 11.8. The lowest BCUT2D eigenvalue weighted by Gasteiger charge is -2.05. The van der Waals surface area contributed by atoms with Crippen LogP contribution in [0.4, 0.5) is 0 Å². The molecule has 0 aromatic carbocycles. The molecule has 19 heavy (non-hydrogen) atoms. The first-order chi connectivity index (χ1) is 9.20. The van der Waals surface area contributed by atoms with Crippen LogP contribution in [0.1, 0.15) is 21.7 Å². The molecule has 0 saturated carbocycles. The molecule has 2 heterocycles. The average molecular weight is 254 g/mol. The Morgan fingerprint density at radius 2 is 2.21 bits per heavy atom. The highest BCUT2D eigenvalue weighted by atomic mass is 16.3. The molecule has 0 saturated heterocycles. The van der Waals surface area contributed by atoms with Gasteiger partial charge in [-0.3, -0.25) is 4.79 Å². The Morgan fingerprint density at radius 1 is 1.37 bits per heavy atom. The Morgan fingerprint density at radius 3 is 2.84 bits per heavy atom. The number of rotatable bonds is 3. The molecule has 2 aromatic heterocycles. The summed E-state index contributed by atoms with van der Waals surface area (Å²) in [4.78, 5) is 19.4. The Labute approximate surface area is 109 Å². The fourth-order valence-corrected chi connectivity index (χ4v) is 1.43. The molecule has 6 heteroatoms. The molecule has 0 fully saturated rings. The van der Waals surface area contributed by atoms with E-state index in [-0.39, 0.29) is 18.0 Å². The lowest BCUT2D eigenvalue weighted by Crippen LogP contribution is -2.23. The number of hydrogen-bond acceptors (Lipinski definition) is 5. The molecule has 94 valence electrons. The number of aromatic hydroxyl groups is 1. The molecule has 0 spiro atoms. The second-order valence-electron chi connectivity index (χ2n) is 3.72. The summed E-state index contributed by atoms with van der Waals surface area (Å²) in [7, 11) is 0. The van der Waals surface area contributed by atoms with E-state index in [1.807, 2.05) is 6.07 Å². The Kier molecular flexibility index (Phi) is 3.69. The molecule has 1 amide bonds. The zero-order valence-corrected chi connectivity index (χ0v) is 9.87. The summed E-state index contributed by atoms with van der Waals surface area (Å²) in [5, 5.41) is 20.7. The van der Waals surface area contributed by atoms with Gasteiger partial charge in [0, 0.05) is 18.9 Å². The highest BCUT2D eigenvalue weighted by molar-refractivity contribution is 5.94. The standard InChI is InChI=1S/C13H10N4O2/c14-6-10-4-3-9(7-16-10)8-17-13(19)12-11(18)2-1-5-15-12/h1-5,7,18H,8H2,(H,17,19). The van der Waals surface area contributed by atoms with Crippen molar-refractivity contribution in [3.8, 4) is 11.8 Å². The number of hydrogen-bond donors (Lipinski definition) is 2. The van der Waals surface area contributed by atoms with Crippen molar-refractivity contribution in [1.82, 2.24) is 15.3 Å². The molecule has 0 radical (unpaired) electrons. The Balaban J connectivity index is 2.01. The van der Waals surface area contributed by atoms with Crippen molar-refractivity contribution >= 4 is 5.91 Å². The molecule has 2 aromatic rings. The predicted molar refractivity (Wildman–Crippen MR) is 66.0 cm³/mol. The number of carbonyl (C=O) groups is 1. The van der Waals surface area contributed by atoms with Crippen LogP contribution in [0.5, 0.6) is 5.75 Å². The van der Waals surface area contributed by atoms with Gasteiger partial charge in [0.2, 0.25) is 0 Å². The second kappa shape index (κ2) is 5.60. The molecule has 0 aliphatic heterocycles. The number of nitrogens with one attached hydrogen (secondary N) is 1. The minimum absolute atomic E-state index is 0.0240. The van der Waals surface area contributed by atoms with Gasteiger partial charge in [0.1, 0.15) is 17.5 Å². The predicted octanol–water partition coefficient (Wildman–Crippen LogP) is 0.984. The van der Waals surface area contributed by atoms with Gasteiger partial charge in [-0.1, -0.05) is 6.07 Å². The number of nitrogens with zero attached hydrogens (tertiary/aromatic N) is 3. The van der Waals surface area contributed by atoms with E-state index in [1.54, 1.807) is 12.1 Å². The van der Waals surface area contributed by atoms with Gasteiger partial charge < -0.3 is 10.4 Å². The summed E-state index contributed by atoms with van der Waals surface area (Å²) < 4.78 is 0. The smallest absolute Gasteiger partial charge is 0.274 e. The molecule has 2 N–H and O–H groups in total.